The highest BCUT2D eigenvalue weighted by molar-refractivity contribution is 5.41. The van der Waals surface area contributed by atoms with Crippen molar-refractivity contribution < 1.29 is 9.84 Å². The Kier molecular flexibility index (Phi) is 4.19. The molecule has 0 bridgehead atoms. The summed E-state index contributed by atoms with van der Waals surface area (Å²) in [5.41, 5.74) is 4.36. The number of aliphatic hydroxyl groups is 1. The molecule has 0 unspecified atom stereocenters. The molecule has 130 valence electrons. The maximum Gasteiger partial charge on any atom is 0.137 e. The summed E-state index contributed by atoms with van der Waals surface area (Å²) >= 11 is 0. The van der Waals surface area contributed by atoms with E-state index in [0.717, 1.165) is 30.1 Å². The van der Waals surface area contributed by atoms with Gasteiger partial charge in [-0.15, -0.1) is 0 Å². The first kappa shape index (κ1) is 16.1. The Bertz CT molecular complexity index is 890. The third-order valence-electron chi connectivity index (χ3n) is 4.87. The van der Waals surface area contributed by atoms with Crippen LogP contribution in [0.4, 0.5) is 0 Å². The second-order valence-corrected chi connectivity index (χ2v) is 6.82. The first-order valence-electron chi connectivity index (χ1n) is 8.62. The third kappa shape index (κ3) is 3.25. The van der Waals surface area contributed by atoms with Crippen molar-refractivity contribution in [2.24, 2.45) is 0 Å². The molecule has 0 aliphatic carbocycles. The highest BCUT2D eigenvalue weighted by Crippen LogP contribution is 2.34. The van der Waals surface area contributed by atoms with E-state index in [9.17, 15) is 5.11 Å². The molecule has 0 amide bonds. The van der Waals surface area contributed by atoms with Gasteiger partial charge in [0, 0.05) is 31.5 Å². The van der Waals surface area contributed by atoms with Gasteiger partial charge in [0.25, 0.3) is 0 Å². The number of benzene rings is 1. The molecule has 5 heteroatoms. The molecular weight excluding hydrogens is 314 g/mol. The Balaban J connectivity index is 1.60. The molecule has 5 nitrogen and oxygen atoms in total. The van der Waals surface area contributed by atoms with Gasteiger partial charge in [-0.25, -0.2) is 4.98 Å². The van der Waals surface area contributed by atoms with Crippen molar-refractivity contribution in [3.05, 3.63) is 65.6 Å². The fourth-order valence-corrected chi connectivity index (χ4v) is 3.69. The van der Waals surface area contributed by atoms with Crippen LogP contribution in [0.3, 0.4) is 0 Å². The minimum Gasteiger partial charge on any atom is -0.497 e. The second-order valence-electron chi connectivity index (χ2n) is 6.82. The molecule has 4 rings (SSSR count). The maximum absolute atomic E-state index is 10.2. The molecule has 0 radical (unpaired) electrons. The molecular formula is C20H23N3O2. The number of nitrogens with zero attached hydrogens (tertiary/aromatic N) is 3. The molecule has 1 N–H and O–H groups in total. The number of pyridine rings is 1. The first-order valence-corrected chi connectivity index (χ1v) is 8.62. The van der Waals surface area contributed by atoms with E-state index in [1.54, 1.807) is 7.11 Å². The van der Waals surface area contributed by atoms with E-state index >= 15 is 0 Å². The van der Waals surface area contributed by atoms with E-state index < -0.39 is 0 Å². The summed E-state index contributed by atoms with van der Waals surface area (Å²) in [6.07, 6.45) is 4.59. The van der Waals surface area contributed by atoms with Gasteiger partial charge in [0.2, 0.25) is 0 Å². The lowest BCUT2D eigenvalue weighted by atomic mass is 10.0. The summed E-state index contributed by atoms with van der Waals surface area (Å²) in [7, 11) is 1.68. The van der Waals surface area contributed by atoms with Crippen LogP contribution in [0.2, 0.25) is 0 Å². The molecule has 2 aromatic heterocycles. The minimum absolute atomic E-state index is 0.177. The van der Waals surface area contributed by atoms with E-state index in [1.807, 2.05) is 18.2 Å². The molecule has 3 aromatic rings. The largest absolute Gasteiger partial charge is 0.497 e. The van der Waals surface area contributed by atoms with Gasteiger partial charge in [-0.1, -0.05) is 18.2 Å². The Hall–Kier alpha value is -2.37. The molecule has 3 heterocycles. The Morgan fingerprint density at radius 2 is 2.12 bits per heavy atom. The fourth-order valence-electron chi connectivity index (χ4n) is 3.69. The van der Waals surface area contributed by atoms with Crippen LogP contribution in [0, 0.1) is 6.92 Å². The Morgan fingerprint density at radius 1 is 1.24 bits per heavy atom. The maximum atomic E-state index is 10.2. The zero-order chi connectivity index (χ0) is 17.4. The zero-order valence-electron chi connectivity index (χ0n) is 14.6. The van der Waals surface area contributed by atoms with Crippen LogP contribution in [-0.4, -0.2) is 39.1 Å². The summed E-state index contributed by atoms with van der Waals surface area (Å²) in [6, 6.07) is 12.4. The first-order chi connectivity index (χ1) is 12.1. The molecule has 1 aliphatic heterocycles. The molecule has 1 aliphatic rings. The number of likely N-dealkylation sites (tertiary alicyclic amines) is 1. The highest BCUT2D eigenvalue weighted by atomic mass is 16.5. The van der Waals surface area contributed by atoms with Crippen molar-refractivity contribution in [3.63, 3.8) is 0 Å². The monoisotopic (exact) mass is 337 g/mol. The Morgan fingerprint density at radius 3 is 2.96 bits per heavy atom. The van der Waals surface area contributed by atoms with Gasteiger partial charge in [-0.3, -0.25) is 4.90 Å². The van der Waals surface area contributed by atoms with E-state index in [-0.39, 0.29) is 12.1 Å². The van der Waals surface area contributed by atoms with Crippen LogP contribution in [0.5, 0.6) is 5.75 Å². The molecule has 1 fully saturated rings. The summed E-state index contributed by atoms with van der Waals surface area (Å²) in [5, 5.41) is 10.2. The number of β-amino-alcohol motifs (C(OH)–C–C–N with tert-alkyl or cyclic N) is 1. The molecule has 25 heavy (non-hydrogen) atoms. The lowest BCUT2D eigenvalue weighted by molar-refractivity contribution is 0.172. The average Bonchev–Trinajstić information content (AvgIpc) is 3.17. The predicted octanol–water partition coefficient (Wildman–Crippen LogP) is 2.96. The number of hydrogen-bond acceptors (Lipinski definition) is 4. The van der Waals surface area contributed by atoms with Gasteiger partial charge in [0.1, 0.15) is 11.4 Å². The van der Waals surface area contributed by atoms with Gasteiger partial charge >= 0.3 is 0 Å². The van der Waals surface area contributed by atoms with Crippen molar-refractivity contribution >= 4 is 5.65 Å². The van der Waals surface area contributed by atoms with E-state index in [4.69, 9.17) is 9.72 Å². The van der Waals surface area contributed by atoms with Gasteiger partial charge in [0.05, 0.1) is 18.9 Å². The van der Waals surface area contributed by atoms with Crippen LogP contribution in [-0.2, 0) is 6.54 Å². The van der Waals surface area contributed by atoms with Crippen molar-refractivity contribution in [1.29, 1.82) is 0 Å². The van der Waals surface area contributed by atoms with Crippen molar-refractivity contribution in [1.82, 2.24) is 14.3 Å². The van der Waals surface area contributed by atoms with Crippen LogP contribution in [0.15, 0.2) is 48.8 Å². The van der Waals surface area contributed by atoms with Crippen molar-refractivity contribution in [3.8, 4) is 5.75 Å². The van der Waals surface area contributed by atoms with Crippen LogP contribution in [0.1, 0.15) is 29.3 Å². The standard InChI is InChI=1S/C20H23N3O2/c1-14-6-7-20-21-16(12-23(20)10-14)11-22-13-17(24)9-19(22)15-4-3-5-18(8-15)25-2/h3-8,10,12,17,19,24H,9,11,13H2,1-2H3/t17-,19+/m1/s1. The number of ether oxygens (including phenoxy) is 1. The summed E-state index contributed by atoms with van der Waals surface area (Å²) in [5.74, 6) is 0.849. The molecule has 2 atom stereocenters. The molecule has 0 saturated carbocycles. The van der Waals surface area contributed by atoms with Gasteiger partial charge < -0.3 is 14.2 Å². The van der Waals surface area contributed by atoms with Gasteiger partial charge in [-0.05, 0) is 42.7 Å². The van der Waals surface area contributed by atoms with Crippen molar-refractivity contribution in [2.45, 2.75) is 32.0 Å². The Labute approximate surface area is 147 Å². The van der Waals surface area contributed by atoms with Crippen LogP contribution >= 0.6 is 0 Å². The van der Waals surface area contributed by atoms with Crippen molar-refractivity contribution in [2.75, 3.05) is 13.7 Å². The number of aromatic nitrogens is 2. The zero-order valence-corrected chi connectivity index (χ0v) is 14.6. The smallest absolute Gasteiger partial charge is 0.137 e. The number of methoxy groups -OCH3 is 1. The number of aliphatic hydroxyl groups excluding tert-OH is 1. The lowest BCUT2D eigenvalue weighted by Gasteiger charge is -2.23. The second kappa shape index (κ2) is 6.50. The number of imidazole rings is 1. The van der Waals surface area contributed by atoms with E-state index in [0.29, 0.717) is 6.54 Å². The third-order valence-corrected chi connectivity index (χ3v) is 4.87. The number of hydrogen-bond donors (Lipinski definition) is 1. The van der Waals surface area contributed by atoms with E-state index in [1.165, 1.54) is 11.1 Å². The fraction of sp³-hybridized carbons (Fsp3) is 0.350. The number of aryl methyl sites for hydroxylation is 1. The van der Waals surface area contributed by atoms with Crippen LogP contribution in [0.25, 0.3) is 5.65 Å². The topological polar surface area (TPSA) is 50.0 Å². The average molecular weight is 337 g/mol. The van der Waals surface area contributed by atoms with Gasteiger partial charge in [-0.2, -0.15) is 0 Å². The molecule has 0 spiro atoms. The van der Waals surface area contributed by atoms with Crippen LogP contribution < -0.4 is 4.74 Å². The summed E-state index contributed by atoms with van der Waals surface area (Å²) in [6.45, 7) is 3.46. The normalized spacial score (nSPS) is 21.1. The molecule has 1 aromatic carbocycles. The predicted molar refractivity (Wildman–Crippen MR) is 96.7 cm³/mol. The number of fused-ring (bicyclic) bond motifs is 1. The highest BCUT2D eigenvalue weighted by Gasteiger charge is 2.32. The number of rotatable bonds is 4. The van der Waals surface area contributed by atoms with E-state index in [2.05, 4.69) is 46.8 Å². The summed E-state index contributed by atoms with van der Waals surface area (Å²) in [4.78, 5) is 7.02. The lowest BCUT2D eigenvalue weighted by Crippen LogP contribution is -2.24. The van der Waals surface area contributed by atoms with Gasteiger partial charge in [0.15, 0.2) is 0 Å². The minimum atomic E-state index is -0.310. The molecule has 1 saturated heterocycles. The SMILES string of the molecule is COc1cccc([C@@H]2C[C@@H](O)CN2Cc2cn3cc(C)ccc3n2)c1. The quantitative estimate of drug-likeness (QED) is 0.795. The summed E-state index contributed by atoms with van der Waals surface area (Å²) < 4.78 is 7.42.